The van der Waals surface area contributed by atoms with E-state index in [1.54, 1.807) is 21.3 Å². The molecule has 5 nitrogen and oxygen atoms in total. The van der Waals surface area contributed by atoms with Gasteiger partial charge in [-0.2, -0.15) is 0 Å². The number of benzene rings is 1. The number of hydrogen-bond donors (Lipinski definition) is 1. The summed E-state index contributed by atoms with van der Waals surface area (Å²) < 4.78 is 16.2. The largest absolute Gasteiger partial charge is 0.493 e. The lowest BCUT2D eigenvalue weighted by atomic mass is 9.88. The first-order chi connectivity index (χ1) is 10.1. The molecule has 0 radical (unpaired) electrons. The van der Waals surface area contributed by atoms with Gasteiger partial charge in [0.2, 0.25) is 5.75 Å². The van der Waals surface area contributed by atoms with Gasteiger partial charge in [0.05, 0.1) is 27.4 Å². The summed E-state index contributed by atoms with van der Waals surface area (Å²) in [7, 11) is 6.93. The second-order valence-corrected chi connectivity index (χ2v) is 5.58. The van der Waals surface area contributed by atoms with Gasteiger partial charge in [-0.15, -0.1) is 0 Å². The Kier molecular flexibility index (Phi) is 5.31. The minimum atomic E-state index is -0.265. The van der Waals surface area contributed by atoms with Gasteiger partial charge in [-0.25, -0.2) is 0 Å². The van der Waals surface area contributed by atoms with Crippen LogP contribution in [-0.2, 0) is 6.42 Å². The molecule has 118 valence electrons. The summed E-state index contributed by atoms with van der Waals surface area (Å²) in [6.45, 7) is 1.83. The fraction of sp³-hybridized carbons (Fsp3) is 0.625. The standard InChI is InChI=1S/C16H25NO4/c1-17-8-7-13(18)12(10-17)9-11-5-6-14(19-2)16(21-4)15(11)20-3/h5-6,12-13,18H,7-10H2,1-4H3/t12-,13+/m0/s1. The summed E-state index contributed by atoms with van der Waals surface area (Å²) in [6, 6.07) is 3.87. The number of hydrogen-bond acceptors (Lipinski definition) is 5. The van der Waals surface area contributed by atoms with Gasteiger partial charge >= 0.3 is 0 Å². The Morgan fingerprint density at radius 2 is 1.86 bits per heavy atom. The fourth-order valence-electron chi connectivity index (χ4n) is 3.01. The van der Waals surface area contributed by atoms with Gasteiger partial charge in [-0.3, -0.25) is 0 Å². The highest BCUT2D eigenvalue weighted by atomic mass is 16.5. The summed E-state index contributed by atoms with van der Waals surface area (Å²) >= 11 is 0. The van der Waals surface area contributed by atoms with E-state index < -0.39 is 0 Å². The van der Waals surface area contributed by atoms with Gasteiger partial charge in [-0.1, -0.05) is 6.07 Å². The van der Waals surface area contributed by atoms with Crippen molar-refractivity contribution in [2.75, 3.05) is 41.5 Å². The molecule has 0 amide bonds. The van der Waals surface area contributed by atoms with E-state index in [-0.39, 0.29) is 12.0 Å². The van der Waals surface area contributed by atoms with Crippen molar-refractivity contribution in [1.29, 1.82) is 0 Å². The maximum Gasteiger partial charge on any atom is 0.203 e. The molecule has 21 heavy (non-hydrogen) atoms. The third kappa shape index (κ3) is 3.41. The van der Waals surface area contributed by atoms with Crippen molar-refractivity contribution in [3.8, 4) is 17.2 Å². The minimum absolute atomic E-state index is 0.204. The van der Waals surface area contributed by atoms with Crippen LogP contribution >= 0.6 is 0 Å². The van der Waals surface area contributed by atoms with E-state index >= 15 is 0 Å². The third-order valence-corrected chi connectivity index (χ3v) is 4.16. The van der Waals surface area contributed by atoms with Crippen molar-refractivity contribution in [2.24, 2.45) is 5.92 Å². The molecule has 1 N–H and O–H groups in total. The Hall–Kier alpha value is -1.46. The Labute approximate surface area is 126 Å². The van der Waals surface area contributed by atoms with Gasteiger partial charge < -0.3 is 24.2 Å². The smallest absolute Gasteiger partial charge is 0.203 e. The van der Waals surface area contributed by atoms with E-state index in [1.165, 1.54) is 0 Å². The fourth-order valence-corrected chi connectivity index (χ4v) is 3.01. The summed E-state index contributed by atoms with van der Waals surface area (Å²) in [5.41, 5.74) is 1.04. The summed E-state index contributed by atoms with van der Waals surface area (Å²) in [5, 5.41) is 10.2. The van der Waals surface area contributed by atoms with Crippen molar-refractivity contribution >= 4 is 0 Å². The van der Waals surface area contributed by atoms with Crippen LogP contribution in [0.1, 0.15) is 12.0 Å². The zero-order valence-electron chi connectivity index (χ0n) is 13.3. The highest BCUT2D eigenvalue weighted by Gasteiger charge is 2.28. The van der Waals surface area contributed by atoms with Crippen molar-refractivity contribution in [1.82, 2.24) is 4.90 Å². The second kappa shape index (κ2) is 7.00. The van der Waals surface area contributed by atoms with Gasteiger partial charge in [0.1, 0.15) is 0 Å². The Morgan fingerprint density at radius 3 is 2.48 bits per heavy atom. The van der Waals surface area contributed by atoms with Crippen LogP contribution in [0.4, 0.5) is 0 Å². The van der Waals surface area contributed by atoms with Gasteiger partial charge in [0.25, 0.3) is 0 Å². The first-order valence-corrected chi connectivity index (χ1v) is 7.25. The second-order valence-electron chi connectivity index (χ2n) is 5.58. The van der Waals surface area contributed by atoms with Crippen LogP contribution in [0, 0.1) is 5.92 Å². The molecule has 5 heteroatoms. The number of aliphatic hydroxyl groups is 1. The van der Waals surface area contributed by atoms with Gasteiger partial charge in [-0.05, 0) is 31.5 Å². The van der Waals surface area contributed by atoms with Gasteiger partial charge in [0.15, 0.2) is 11.5 Å². The first kappa shape index (κ1) is 15.9. The molecule has 1 aromatic carbocycles. The highest BCUT2D eigenvalue weighted by Crippen LogP contribution is 2.41. The SMILES string of the molecule is COc1ccc(C[C@H]2CN(C)CC[C@H]2O)c(OC)c1OC. The number of nitrogens with zero attached hydrogens (tertiary/aromatic N) is 1. The predicted octanol–water partition coefficient (Wildman–Crippen LogP) is 1.57. The number of ether oxygens (including phenoxy) is 3. The highest BCUT2D eigenvalue weighted by molar-refractivity contribution is 5.55. The van der Waals surface area contributed by atoms with E-state index in [0.29, 0.717) is 17.2 Å². The molecular weight excluding hydrogens is 270 g/mol. The average molecular weight is 295 g/mol. The van der Waals surface area contributed by atoms with Crippen LogP contribution < -0.4 is 14.2 Å². The topological polar surface area (TPSA) is 51.2 Å². The maximum atomic E-state index is 10.2. The third-order valence-electron chi connectivity index (χ3n) is 4.16. The molecule has 1 aromatic rings. The van der Waals surface area contributed by atoms with Crippen LogP contribution in [0.3, 0.4) is 0 Å². The molecule has 0 saturated carbocycles. The molecular formula is C16H25NO4. The minimum Gasteiger partial charge on any atom is -0.493 e. The lowest BCUT2D eigenvalue weighted by Gasteiger charge is -2.34. The van der Waals surface area contributed by atoms with E-state index in [2.05, 4.69) is 11.9 Å². The van der Waals surface area contributed by atoms with E-state index in [1.807, 2.05) is 12.1 Å². The van der Waals surface area contributed by atoms with Crippen LogP contribution in [0.5, 0.6) is 17.2 Å². The normalized spacial score (nSPS) is 22.9. The Bertz CT molecular complexity index is 478. The summed E-state index contributed by atoms with van der Waals surface area (Å²) in [5.74, 6) is 2.16. The maximum absolute atomic E-state index is 10.2. The molecule has 0 spiro atoms. The Morgan fingerprint density at radius 1 is 1.14 bits per heavy atom. The molecule has 1 heterocycles. The zero-order valence-corrected chi connectivity index (χ0v) is 13.3. The molecule has 1 saturated heterocycles. The van der Waals surface area contributed by atoms with Crippen molar-refractivity contribution in [2.45, 2.75) is 18.9 Å². The van der Waals surface area contributed by atoms with E-state index in [0.717, 1.165) is 31.5 Å². The number of methoxy groups -OCH3 is 3. The molecule has 0 bridgehead atoms. The van der Waals surface area contributed by atoms with Crippen LogP contribution in [0.2, 0.25) is 0 Å². The predicted molar refractivity (Wildman–Crippen MR) is 81.4 cm³/mol. The molecule has 1 fully saturated rings. The number of rotatable bonds is 5. The quantitative estimate of drug-likeness (QED) is 0.893. The Balaban J connectivity index is 2.27. The first-order valence-electron chi connectivity index (χ1n) is 7.25. The number of aliphatic hydroxyl groups excluding tert-OH is 1. The number of likely N-dealkylation sites (tertiary alicyclic amines) is 1. The van der Waals surface area contributed by atoms with Crippen LogP contribution in [-0.4, -0.2) is 57.6 Å². The number of piperidine rings is 1. The lowest BCUT2D eigenvalue weighted by molar-refractivity contribution is 0.0363. The molecule has 0 unspecified atom stereocenters. The zero-order chi connectivity index (χ0) is 15.4. The monoisotopic (exact) mass is 295 g/mol. The van der Waals surface area contributed by atoms with E-state index in [9.17, 15) is 5.11 Å². The lowest BCUT2D eigenvalue weighted by Crippen LogP contribution is -2.42. The summed E-state index contributed by atoms with van der Waals surface area (Å²) in [6.07, 6.45) is 1.31. The molecule has 2 rings (SSSR count). The van der Waals surface area contributed by atoms with Crippen molar-refractivity contribution in [3.63, 3.8) is 0 Å². The molecule has 1 aliphatic rings. The van der Waals surface area contributed by atoms with Crippen LogP contribution in [0.25, 0.3) is 0 Å². The van der Waals surface area contributed by atoms with Crippen LogP contribution in [0.15, 0.2) is 12.1 Å². The van der Waals surface area contributed by atoms with Crippen molar-refractivity contribution < 1.29 is 19.3 Å². The molecule has 1 aliphatic heterocycles. The van der Waals surface area contributed by atoms with Gasteiger partial charge in [0, 0.05) is 19.0 Å². The summed E-state index contributed by atoms with van der Waals surface area (Å²) in [4.78, 5) is 2.25. The average Bonchev–Trinajstić information content (AvgIpc) is 2.50. The molecule has 0 aliphatic carbocycles. The van der Waals surface area contributed by atoms with E-state index in [4.69, 9.17) is 14.2 Å². The van der Waals surface area contributed by atoms with Crippen molar-refractivity contribution in [3.05, 3.63) is 17.7 Å². The molecule has 2 atom stereocenters. The molecule has 0 aromatic heterocycles.